The van der Waals surface area contributed by atoms with Gasteiger partial charge in [-0.25, -0.2) is 4.79 Å². The van der Waals surface area contributed by atoms with Gasteiger partial charge in [0.05, 0.1) is 25.5 Å². The molecule has 6 heteroatoms. The van der Waals surface area contributed by atoms with Crippen molar-refractivity contribution in [3.8, 4) is 0 Å². The summed E-state index contributed by atoms with van der Waals surface area (Å²) in [5, 5.41) is 7.23. The lowest BCUT2D eigenvalue weighted by Crippen LogP contribution is -2.03. The first-order valence-electron chi connectivity index (χ1n) is 5.18. The first-order chi connectivity index (χ1) is 8.19. The van der Waals surface area contributed by atoms with Gasteiger partial charge in [0.1, 0.15) is 5.69 Å². The van der Waals surface area contributed by atoms with Crippen molar-refractivity contribution >= 4 is 11.7 Å². The van der Waals surface area contributed by atoms with E-state index in [1.807, 2.05) is 19.3 Å². The van der Waals surface area contributed by atoms with E-state index in [1.165, 1.54) is 7.11 Å². The van der Waals surface area contributed by atoms with Gasteiger partial charge in [-0.2, -0.15) is 5.10 Å². The number of nitrogens with zero attached hydrogens (tertiary/aromatic N) is 2. The largest absolute Gasteiger partial charge is 0.464 e. The number of hydrogen-bond acceptors (Lipinski definition) is 4. The quantitative estimate of drug-likeness (QED) is 0.778. The molecule has 0 spiro atoms. The van der Waals surface area contributed by atoms with E-state index in [9.17, 15) is 4.79 Å². The maximum absolute atomic E-state index is 11.2. The summed E-state index contributed by atoms with van der Waals surface area (Å²) in [6, 6.07) is 3.54. The highest BCUT2D eigenvalue weighted by Gasteiger charge is 2.07. The Bertz CT molecular complexity index is 515. The Kier molecular flexibility index (Phi) is 3.13. The lowest BCUT2D eigenvalue weighted by Gasteiger charge is -2.00. The molecular formula is C11H14N4O2. The molecule has 2 N–H and O–H groups in total. The van der Waals surface area contributed by atoms with Crippen LogP contribution in [0.5, 0.6) is 0 Å². The minimum atomic E-state index is -0.363. The molecule has 0 saturated heterocycles. The predicted molar refractivity (Wildman–Crippen MR) is 62.7 cm³/mol. The monoisotopic (exact) mass is 234 g/mol. The van der Waals surface area contributed by atoms with Crippen molar-refractivity contribution in [2.75, 3.05) is 12.4 Å². The number of rotatable bonds is 4. The molecular weight excluding hydrogens is 220 g/mol. The molecule has 0 aromatic carbocycles. The zero-order valence-corrected chi connectivity index (χ0v) is 9.73. The van der Waals surface area contributed by atoms with Gasteiger partial charge < -0.3 is 15.0 Å². The van der Waals surface area contributed by atoms with Gasteiger partial charge in [-0.15, -0.1) is 0 Å². The predicted octanol–water partition coefficient (Wildman–Crippen LogP) is 1.15. The third-order valence-electron chi connectivity index (χ3n) is 2.34. The number of ether oxygens (including phenoxy) is 1. The van der Waals surface area contributed by atoms with Gasteiger partial charge in [0, 0.05) is 18.9 Å². The molecule has 0 saturated carbocycles. The van der Waals surface area contributed by atoms with Crippen molar-refractivity contribution in [3.63, 3.8) is 0 Å². The normalized spacial score (nSPS) is 10.2. The molecule has 0 unspecified atom stereocenters. The van der Waals surface area contributed by atoms with Gasteiger partial charge in [0.2, 0.25) is 0 Å². The third kappa shape index (κ3) is 2.66. The van der Waals surface area contributed by atoms with E-state index >= 15 is 0 Å². The Morgan fingerprint density at radius 2 is 2.41 bits per heavy atom. The van der Waals surface area contributed by atoms with Crippen LogP contribution in [0.25, 0.3) is 0 Å². The van der Waals surface area contributed by atoms with Gasteiger partial charge >= 0.3 is 5.97 Å². The molecule has 17 heavy (non-hydrogen) atoms. The number of aryl methyl sites for hydroxylation is 1. The molecule has 0 atom stereocenters. The van der Waals surface area contributed by atoms with Gasteiger partial charge in [0.15, 0.2) is 0 Å². The minimum Gasteiger partial charge on any atom is -0.464 e. The molecule has 0 amide bonds. The molecule has 2 aromatic rings. The maximum atomic E-state index is 11.2. The first kappa shape index (κ1) is 11.3. The lowest BCUT2D eigenvalue weighted by atomic mass is 10.4. The second-order valence-corrected chi connectivity index (χ2v) is 3.65. The average Bonchev–Trinajstić information content (AvgIpc) is 2.94. The number of carbonyl (C=O) groups is 1. The van der Waals surface area contributed by atoms with Crippen LogP contribution in [-0.2, 0) is 18.3 Å². The molecule has 6 nitrogen and oxygen atoms in total. The molecule has 0 aliphatic rings. The first-order valence-corrected chi connectivity index (χ1v) is 5.18. The van der Waals surface area contributed by atoms with Gasteiger partial charge in [-0.1, -0.05) is 0 Å². The van der Waals surface area contributed by atoms with Gasteiger partial charge in [-0.3, -0.25) is 4.68 Å². The number of aromatic nitrogens is 3. The Morgan fingerprint density at radius 3 is 3.06 bits per heavy atom. The number of methoxy groups -OCH3 is 1. The summed E-state index contributed by atoms with van der Waals surface area (Å²) in [4.78, 5) is 14.2. The topological polar surface area (TPSA) is 71.9 Å². The fourth-order valence-electron chi connectivity index (χ4n) is 1.48. The smallest absolute Gasteiger partial charge is 0.354 e. The molecule has 90 valence electrons. The van der Waals surface area contributed by atoms with Crippen molar-refractivity contribution in [2.45, 2.75) is 6.54 Å². The Balaban J connectivity index is 1.95. The zero-order chi connectivity index (χ0) is 12.3. The van der Waals surface area contributed by atoms with E-state index in [0.29, 0.717) is 12.2 Å². The van der Waals surface area contributed by atoms with Crippen molar-refractivity contribution in [1.29, 1.82) is 0 Å². The SMILES string of the molecule is COC(=O)c1ccc(CNc2cnn(C)c2)[nH]1. The number of nitrogens with one attached hydrogen (secondary N) is 2. The highest BCUT2D eigenvalue weighted by atomic mass is 16.5. The van der Waals surface area contributed by atoms with Crippen LogP contribution in [0.4, 0.5) is 5.69 Å². The van der Waals surface area contributed by atoms with Crippen LogP contribution in [-0.4, -0.2) is 27.8 Å². The van der Waals surface area contributed by atoms with Crippen LogP contribution in [0.2, 0.25) is 0 Å². The Hall–Kier alpha value is -2.24. The highest BCUT2D eigenvalue weighted by molar-refractivity contribution is 5.87. The van der Waals surface area contributed by atoms with Crippen molar-refractivity contribution in [2.24, 2.45) is 7.05 Å². The summed E-state index contributed by atoms with van der Waals surface area (Å²) in [6.45, 7) is 0.600. The summed E-state index contributed by atoms with van der Waals surface area (Å²) in [5.41, 5.74) is 2.30. The third-order valence-corrected chi connectivity index (χ3v) is 2.34. The number of carbonyl (C=O) groups excluding carboxylic acids is 1. The average molecular weight is 234 g/mol. The molecule has 0 aliphatic carbocycles. The number of H-pyrrole nitrogens is 1. The second kappa shape index (κ2) is 4.73. The number of esters is 1. The van der Waals surface area contributed by atoms with Gasteiger partial charge in [0.25, 0.3) is 0 Å². The fourth-order valence-corrected chi connectivity index (χ4v) is 1.48. The summed E-state index contributed by atoms with van der Waals surface area (Å²) < 4.78 is 6.33. The molecule has 0 radical (unpaired) electrons. The highest BCUT2D eigenvalue weighted by Crippen LogP contribution is 2.08. The number of aromatic amines is 1. The van der Waals surface area contributed by atoms with Crippen LogP contribution in [0.1, 0.15) is 16.2 Å². The van der Waals surface area contributed by atoms with Crippen LogP contribution in [0.3, 0.4) is 0 Å². The summed E-state index contributed by atoms with van der Waals surface area (Å²) >= 11 is 0. The number of anilines is 1. The summed E-state index contributed by atoms with van der Waals surface area (Å²) in [5.74, 6) is -0.363. The summed E-state index contributed by atoms with van der Waals surface area (Å²) in [6.07, 6.45) is 3.62. The molecule has 0 bridgehead atoms. The minimum absolute atomic E-state index is 0.363. The summed E-state index contributed by atoms with van der Waals surface area (Å²) in [7, 11) is 3.21. The van der Waals surface area contributed by atoms with Crippen LogP contribution in [0, 0.1) is 0 Å². The Morgan fingerprint density at radius 1 is 1.59 bits per heavy atom. The van der Waals surface area contributed by atoms with Crippen LogP contribution >= 0.6 is 0 Å². The van der Waals surface area contributed by atoms with E-state index in [1.54, 1.807) is 16.9 Å². The van der Waals surface area contributed by atoms with Crippen molar-refractivity contribution in [1.82, 2.24) is 14.8 Å². The molecule has 0 aliphatic heterocycles. The molecule has 0 fully saturated rings. The molecule has 2 aromatic heterocycles. The lowest BCUT2D eigenvalue weighted by molar-refractivity contribution is 0.0594. The molecule has 2 heterocycles. The van der Waals surface area contributed by atoms with Gasteiger partial charge in [-0.05, 0) is 12.1 Å². The van der Waals surface area contributed by atoms with Crippen molar-refractivity contribution in [3.05, 3.63) is 35.9 Å². The van der Waals surface area contributed by atoms with Crippen molar-refractivity contribution < 1.29 is 9.53 Å². The standard InChI is InChI=1S/C11H14N4O2/c1-15-7-9(6-13-15)12-5-8-3-4-10(14-8)11(16)17-2/h3-4,6-7,12,14H,5H2,1-2H3. The fraction of sp³-hybridized carbons (Fsp3) is 0.273. The van der Waals surface area contributed by atoms with E-state index in [2.05, 4.69) is 20.1 Å². The van der Waals surface area contributed by atoms with E-state index in [-0.39, 0.29) is 5.97 Å². The second-order valence-electron chi connectivity index (χ2n) is 3.65. The van der Waals surface area contributed by atoms with E-state index in [4.69, 9.17) is 0 Å². The molecule has 2 rings (SSSR count). The van der Waals surface area contributed by atoms with Crippen LogP contribution < -0.4 is 5.32 Å². The van der Waals surface area contributed by atoms with Crippen LogP contribution in [0.15, 0.2) is 24.5 Å². The van der Waals surface area contributed by atoms with E-state index < -0.39 is 0 Å². The number of hydrogen-bond donors (Lipinski definition) is 2. The zero-order valence-electron chi connectivity index (χ0n) is 9.73. The van der Waals surface area contributed by atoms with E-state index in [0.717, 1.165) is 11.4 Å². The maximum Gasteiger partial charge on any atom is 0.354 e. The Labute approximate surface area is 98.6 Å².